The minimum absolute atomic E-state index is 0.000816. The molecule has 2 aromatic carbocycles. The molecule has 12 nitrogen and oxygen atoms in total. The Morgan fingerprint density at radius 1 is 1.18 bits per heavy atom. The molecule has 2 fully saturated rings. The van der Waals surface area contributed by atoms with E-state index in [1.165, 1.54) is 6.08 Å². The van der Waals surface area contributed by atoms with Crippen LogP contribution in [0.4, 0.5) is 5.82 Å². The predicted molar refractivity (Wildman–Crippen MR) is 168 cm³/mol. The number of hydrogen-bond acceptors (Lipinski definition) is 9. The number of likely N-dealkylation sites (N-methyl/N-ethyl adjacent to an activating group) is 1. The summed E-state index contributed by atoms with van der Waals surface area (Å²) in [6, 6.07) is 12.5. The second kappa shape index (κ2) is 12.1. The molecule has 0 aliphatic carbocycles. The zero-order valence-corrected chi connectivity index (χ0v) is 25.0. The first kappa shape index (κ1) is 29.3. The van der Waals surface area contributed by atoms with Gasteiger partial charge in [-0.3, -0.25) is 9.59 Å². The van der Waals surface area contributed by atoms with E-state index in [-0.39, 0.29) is 47.8 Å². The number of aromatic nitrogens is 4. The fraction of sp³-hybridized carbons (Fsp3) is 0.355. The molecule has 4 heterocycles. The number of anilines is 1. The molecule has 2 aliphatic rings. The van der Waals surface area contributed by atoms with Crippen LogP contribution in [0.1, 0.15) is 19.3 Å². The second-order valence-corrected chi connectivity index (χ2v) is 11.4. The van der Waals surface area contributed by atoms with E-state index in [0.29, 0.717) is 35.8 Å². The summed E-state index contributed by atoms with van der Waals surface area (Å²) in [7, 11) is 2.03. The molecule has 2 atom stereocenters. The van der Waals surface area contributed by atoms with Crippen molar-refractivity contribution in [1.29, 1.82) is 5.26 Å². The van der Waals surface area contributed by atoms with Gasteiger partial charge in [0.15, 0.2) is 11.3 Å². The van der Waals surface area contributed by atoms with Gasteiger partial charge >= 0.3 is 11.7 Å². The highest BCUT2D eigenvalue weighted by atomic mass is 35.5. The van der Waals surface area contributed by atoms with Crippen LogP contribution in [0.25, 0.3) is 27.5 Å². The van der Waals surface area contributed by atoms with Gasteiger partial charge in [0.1, 0.15) is 12.1 Å². The Hall–Kier alpha value is -4.73. The first-order chi connectivity index (χ1) is 21.3. The number of aromatic amines is 1. The van der Waals surface area contributed by atoms with Crippen LogP contribution in [-0.2, 0) is 4.79 Å². The number of hydrogen-bond donors (Lipinski definition) is 1. The van der Waals surface area contributed by atoms with Gasteiger partial charge in [0.25, 0.3) is 5.56 Å². The molecular formula is C31H31ClN8O4. The molecule has 0 spiro atoms. The number of amides is 1. The van der Waals surface area contributed by atoms with Gasteiger partial charge in [-0.25, -0.2) is 9.36 Å². The molecular weight excluding hydrogens is 584 g/mol. The van der Waals surface area contributed by atoms with E-state index < -0.39 is 17.3 Å². The van der Waals surface area contributed by atoms with Crippen molar-refractivity contribution >= 4 is 45.1 Å². The van der Waals surface area contributed by atoms with Crippen LogP contribution in [0.15, 0.2) is 58.6 Å². The number of benzene rings is 2. The second-order valence-electron chi connectivity index (χ2n) is 11.0. The van der Waals surface area contributed by atoms with E-state index >= 15 is 0 Å². The zero-order valence-electron chi connectivity index (χ0n) is 24.2. The number of ether oxygens (including phenoxy) is 1. The summed E-state index contributed by atoms with van der Waals surface area (Å²) in [5.74, 6) is 0.0166. The summed E-state index contributed by atoms with van der Waals surface area (Å²) in [6.45, 7) is 5.75. The fourth-order valence-electron chi connectivity index (χ4n) is 6.13. The fourth-order valence-corrected chi connectivity index (χ4v) is 6.41. The Balaban J connectivity index is 1.50. The third-order valence-electron chi connectivity index (χ3n) is 8.43. The van der Waals surface area contributed by atoms with Crippen LogP contribution in [0, 0.1) is 11.3 Å². The molecule has 0 radical (unpaired) electrons. The van der Waals surface area contributed by atoms with Crippen LogP contribution >= 0.6 is 11.6 Å². The number of carbonyl (C=O) groups is 1. The third kappa shape index (κ3) is 5.29. The summed E-state index contributed by atoms with van der Waals surface area (Å²) in [6.07, 6.45) is 3.34. The standard InChI is InChI=1S/C31H31ClN8O4/c1-3-24(41)39-16-15-38(17-20(39)12-13-33)28-26-27(34-30(36-28)44-18-21-9-6-14-37(21)2)29(42)40(31(43)35-26)23-11-5-8-19-7-4-10-22(32)25(19)23/h3-5,7-8,10-11,20-21H,1,6,9,12,14-18H2,2H3,(H,35,43)/t20-,21?/m0/s1. The SMILES string of the molecule is C=CC(=O)N1CCN(c2nc(OCC3CCCN3C)nc3c(=O)n(-c4cccc5cccc(Cl)c45)c(=O)[nH]c23)C[C@@H]1CC#N. The van der Waals surface area contributed by atoms with E-state index in [0.717, 1.165) is 29.3 Å². The summed E-state index contributed by atoms with van der Waals surface area (Å²) in [5.41, 5.74) is -0.907. The molecule has 2 aromatic heterocycles. The third-order valence-corrected chi connectivity index (χ3v) is 8.74. The molecule has 0 bridgehead atoms. The van der Waals surface area contributed by atoms with Gasteiger partial charge < -0.3 is 24.4 Å². The lowest BCUT2D eigenvalue weighted by Gasteiger charge is -2.40. The highest BCUT2D eigenvalue weighted by Crippen LogP contribution is 2.30. The number of likely N-dealkylation sites (tertiary alicyclic amines) is 1. The average Bonchev–Trinajstić information content (AvgIpc) is 3.44. The van der Waals surface area contributed by atoms with Crippen LogP contribution in [0.3, 0.4) is 0 Å². The number of H-pyrrole nitrogens is 1. The maximum absolute atomic E-state index is 14.2. The van der Waals surface area contributed by atoms with Crippen molar-refractivity contribution in [3.63, 3.8) is 0 Å². The quantitative estimate of drug-likeness (QED) is 0.311. The molecule has 226 valence electrons. The molecule has 2 aliphatic heterocycles. The number of nitriles is 1. The average molecular weight is 615 g/mol. The molecule has 6 rings (SSSR count). The van der Waals surface area contributed by atoms with Gasteiger partial charge in [-0.2, -0.15) is 15.2 Å². The van der Waals surface area contributed by atoms with E-state index in [1.807, 2.05) is 24.1 Å². The Labute approximate surface area is 257 Å². The van der Waals surface area contributed by atoms with E-state index in [9.17, 15) is 19.6 Å². The van der Waals surface area contributed by atoms with Crippen molar-refractivity contribution in [1.82, 2.24) is 29.3 Å². The van der Waals surface area contributed by atoms with E-state index in [4.69, 9.17) is 16.3 Å². The first-order valence-corrected chi connectivity index (χ1v) is 14.8. The molecule has 0 saturated carbocycles. The van der Waals surface area contributed by atoms with Crippen LogP contribution < -0.4 is 20.9 Å². The van der Waals surface area contributed by atoms with Gasteiger partial charge in [0.2, 0.25) is 5.91 Å². The van der Waals surface area contributed by atoms with Crippen LogP contribution in [0.5, 0.6) is 6.01 Å². The molecule has 2 saturated heterocycles. The lowest BCUT2D eigenvalue weighted by Crippen LogP contribution is -2.55. The first-order valence-electron chi connectivity index (χ1n) is 14.4. The zero-order chi connectivity index (χ0) is 31.0. The van der Waals surface area contributed by atoms with Gasteiger partial charge in [-0.05, 0) is 50.0 Å². The number of rotatable bonds is 7. The molecule has 4 aromatic rings. The van der Waals surface area contributed by atoms with Gasteiger partial charge in [0.05, 0.1) is 29.2 Å². The highest BCUT2D eigenvalue weighted by molar-refractivity contribution is 6.36. The monoisotopic (exact) mass is 614 g/mol. The van der Waals surface area contributed by atoms with Crippen molar-refractivity contribution in [2.45, 2.75) is 31.3 Å². The Morgan fingerprint density at radius 3 is 2.70 bits per heavy atom. The molecule has 13 heteroatoms. The normalized spacial score (nSPS) is 18.9. The topological polar surface area (TPSA) is 140 Å². The summed E-state index contributed by atoms with van der Waals surface area (Å²) >= 11 is 6.55. The largest absolute Gasteiger partial charge is 0.462 e. The van der Waals surface area contributed by atoms with Crippen LogP contribution in [-0.4, -0.2) is 87.1 Å². The van der Waals surface area contributed by atoms with Gasteiger partial charge in [-0.1, -0.05) is 42.4 Å². The number of halogens is 1. The molecule has 1 unspecified atom stereocenters. The van der Waals surface area contributed by atoms with Crippen molar-refractivity contribution in [3.05, 3.63) is 74.9 Å². The summed E-state index contributed by atoms with van der Waals surface area (Å²) in [5, 5.41) is 11.2. The Kier molecular flexibility index (Phi) is 8.07. The molecule has 1 amide bonds. The Morgan fingerprint density at radius 2 is 1.98 bits per heavy atom. The number of fused-ring (bicyclic) bond motifs is 2. The summed E-state index contributed by atoms with van der Waals surface area (Å²) in [4.78, 5) is 58.0. The lowest BCUT2D eigenvalue weighted by molar-refractivity contribution is -0.128. The minimum Gasteiger partial charge on any atom is -0.462 e. The maximum Gasteiger partial charge on any atom is 0.333 e. The number of nitrogens with one attached hydrogen (secondary N) is 1. The minimum atomic E-state index is -0.685. The molecule has 44 heavy (non-hydrogen) atoms. The van der Waals surface area contributed by atoms with Crippen molar-refractivity contribution in [2.24, 2.45) is 0 Å². The Bertz CT molecular complexity index is 1930. The van der Waals surface area contributed by atoms with Gasteiger partial charge in [-0.15, -0.1) is 0 Å². The van der Waals surface area contributed by atoms with Gasteiger partial charge in [0, 0.05) is 31.1 Å². The van der Waals surface area contributed by atoms with Crippen molar-refractivity contribution < 1.29 is 9.53 Å². The van der Waals surface area contributed by atoms with Crippen molar-refractivity contribution in [2.75, 3.05) is 44.7 Å². The highest BCUT2D eigenvalue weighted by Gasteiger charge is 2.32. The summed E-state index contributed by atoms with van der Waals surface area (Å²) < 4.78 is 7.12. The van der Waals surface area contributed by atoms with Crippen molar-refractivity contribution in [3.8, 4) is 17.8 Å². The number of carbonyl (C=O) groups excluding carboxylic acids is 1. The number of piperazine rings is 1. The number of nitrogens with zero attached hydrogens (tertiary/aromatic N) is 7. The maximum atomic E-state index is 14.2. The van der Waals surface area contributed by atoms with Crippen LogP contribution in [0.2, 0.25) is 5.02 Å². The predicted octanol–water partition coefficient (Wildman–Crippen LogP) is 2.87. The smallest absolute Gasteiger partial charge is 0.333 e. The molecule has 1 N–H and O–H groups in total. The lowest BCUT2D eigenvalue weighted by atomic mass is 10.1. The van der Waals surface area contributed by atoms with E-state index in [2.05, 4.69) is 32.5 Å². The van der Waals surface area contributed by atoms with E-state index in [1.54, 1.807) is 29.2 Å².